The first-order valence-corrected chi connectivity index (χ1v) is 7.09. The molecule has 1 heterocycles. The minimum atomic E-state index is -0.344. The maximum atomic E-state index is 9.17. The summed E-state index contributed by atoms with van der Waals surface area (Å²) < 4.78 is 6.89. The highest BCUT2D eigenvalue weighted by Gasteiger charge is 2.06. The summed E-state index contributed by atoms with van der Waals surface area (Å²) >= 11 is 3.49. The fourth-order valence-electron chi connectivity index (χ4n) is 1.83. The maximum Gasteiger partial charge on any atom is 0.134 e. The second kappa shape index (κ2) is 6.37. The molecule has 2 rings (SSSR count). The van der Waals surface area contributed by atoms with Gasteiger partial charge in [-0.15, -0.1) is 0 Å². The van der Waals surface area contributed by atoms with E-state index in [0.717, 1.165) is 21.6 Å². The Bertz CT molecular complexity index is 549. The normalized spacial score (nSPS) is 12.6. The van der Waals surface area contributed by atoms with Crippen molar-refractivity contribution in [2.75, 3.05) is 6.54 Å². The van der Waals surface area contributed by atoms with Crippen LogP contribution in [0.5, 0.6) is 0 Å². The largest absolute Gasteiger partial charge is 0.460 e. The lowest BCUT2D eigenvalue weighted by molar-refractivity contribution is 0.190. The molecule has 2 aromatic rings. The van der Waals surface area contributed by atoms with Crippen molar-refractivity contribution in [2.45, 2.75) is 26.5 Å². The molecule has 0 aliphatic carbocycles. The van der Waals surface area contributed by atoms with E-state index in [1.165, 1.54) is 5.56 Å². The molecule has 1 aromatic carbocycles. The molecule has 0 unspecified atom stereocenters. The van der Waals surface area contributed by atoms with Gasteiger partial charge < -0.3 is 14.8 Å². The second-order valence-electron chi connectivity index (χ2n) is 4.71. The molecule has 0 radical (unpaired) electrons. The number of nitrogens with one attached hydrogen (secondary N) is 1. The molecule has 19 heavy (non-hydrogen) atoms. The number of rotatable bonds is 5. The van der Waals surface area contributed by atoms with Crippen LogP contribution in [0.3, 0.4) is 0 Å². The van der Waals surface area contributed by atoms with E-state index in [0.29, 0.717) is 13.1 Å². The van der Waals surface area contributed by atoms with Crippen LogP contribution < -0.4 is 5.32 Å². The number of furan rings is 1. The molecule has 0 fully saturated rings. The Kier molecular flexibility index (Phi) is 4.80. The zero-order valence-corrected chi connectivity index (χ0v) is 12.7. The van der Waals surface area contributed by atoms with E-state index in [1.54, 1.807) is 6.92 Å². The summed E-state index contributed by atoms with van der Waals surface area (Å²) in [7, 11) is 0. The summed E-state index contributed by atoms with van der Waals surface area (Å²) in [6, 6.07) is 10.1. The minimum absolute atomic E-state index is 0.344. The number of aliphatic hydroxyl groups excluding tert-OH is 1. The van der Waals surface area contributed by atoms with Gasteiger partial charge in [0.15, 0.2) is 0 Å². The topological polar surface area (TPSA) is 45.4 Å². The van der Waals surface area contributed by atoms with Crippen molar-refractivity contribution in [3.05, 3.63) is 46.1 Å². The molecule has 2 N–H and O–H groups in total. The number of benzene rings is 1. The van der Waals surface area contributed by atoms with Gasteiger partial charge in [-0.2, -0.15) is 0 Å². The van der Waals surface area contributed by atoms with Gasteiger partial charge in [0.1, 0.15) is 11.5 Å². The Hall–Kier alpha value is -1.10. The Balaban J connectivity index is 2.05. The molecule has 4 heteroatoms. The predicted molar refractivity (Wildman–Crippen MR) is 80.0 cm³/mol. The zero-order chi connectivity index (χ0) is 13.8. The van der Waals surface area contributed by atoms with Gasteiger partial charge >= 0.3 is 0 Å². The van der Waals surface area contributed by atoms with Crippen LogP contribution in [0, 0.1) is 6.92 Å². The maximum absolute atomic E-state index is 9.17. The lowest BCUT2D eigenvalue weighted by Gasteiger charge is -2.05. The van der Waals surface area contributed by atoms with Gasteiger partial charge in [0.25, 0.3) is 0 Å². The molecule has 0 spiro atoms. The molecule has 1 atom stereocenters. The lowest BCUT2D eigenvalue weighted by atomic mass is 10.1. The molecule has 0 saturated heterocycles. The summed E-state index contributed by atoms with van der Waals surface area (Å²) in [5, 5.41) is 12.3. The van der Waals surface area contributed by atoms with Gasteiger partial charge in [0.05, 0.1) is 12.6 Å². The van der Waals surface area contributed by atoms with Crippen molar-refractivity contribution in [3.8, 4) is 11.3 Å². The van der Waals surface area contributed by atoms with Crippen molar-refractivity contribution in [1.29, 1.82) is 0 Å². The molecule has 102 valence electrons. The zero-order valence-electron chi connectivity index (χ0n) is 11.1. The molecule has 0 saturated carbocycles. The van der Waals surface area contributed by atoms with Gasteiger partial charge in [-0.05, 0) is 43.7 Å². The van der Waals surface area contributed by atoms with Gasteiger partial charge in [0.2, 0.25) is 0 Å². The fraction of sp³-hybridized carbons (Fsp3) is 0.333. The third-order valence-electron chi connectivity index (χ3n) is 2.84. The SMILES string of the molecule is Cc1cc(-c2ccc(CNC[C@@H](C)O)o2)ccc1Br. The van der Waals surface area contributed by atoms with E-state index in [-0.39, 0.29) is 6.10 Å². The average molecular weight is 324 g/mol. The van der Waals surface area contributed by atoms with Crippen LogP contribution in [0.15, 0.2) is 39.2 Å². The number of aryl methyl sites for hydroxylation is 1. The third-order valence-corrected chi connectivity index (χ3v) is 3.73. The van der Waals surface area contributed by atoms with Crippen LogP contribution in [-0.2, 0) is 6.54 Å². The first-order valence-electron chi connectivity index (χ1n) is 6.30. The Morgan fingerprint density at radius 1 is 1.32 bits per heavy atom. The van der Waals surface area contributed by atoms with Crippen molar-refractivity contribution in [3.63, 3.8) is 0 Å². The van der Waals surface area contributed by atoms with Gasteiger partial charge in [-0.1, -0.05) is 22.0 Å². The van der Waals surface area contributed by atoms with E-state index < -0.39 is 0 Å². The first kappa shape index (κ1) is 14.3. The second-order valence-corrected chi connectivity index (χ2v) is 5.56. The van der Waals surface area contributed by atoms with Crippen molar-refractivity contribution >= 4 is 15.9 Å². The Morgan fingerprint density at radius 2 is 2.11 bits per heavy atom. The van der Waals surface area contributed by atoms with E-state index in [1.807, 2.05) is 24.3 Å². The standard InChI is InChI=1S/C15H18BrNO2/c1-10-7-12(3-5-14(10)16)15-6-4-13(19-15)9-17-8-11(2)18/h3-7,11,17-18H,8-9H2,1-2H3/t11-/m1/s1. The lowest BCUT2D eigenvalue weighted by Crippen LogP contribution is -2.23. The van der Waals surface area contributed by atoms with E-state index in [2.05, 4.69) is 34.2 Å². The highest BCUT2D eigenvalue weighted by molar-refractivity contribution is 9.10. The van der Waals surface area contributed by atoms with Crippen LogP contribution in [0.25, 0.3) is 11.3 Å². The predicted octanol–water partition coefficient (Wildman–Crippen LogP) is 3.49. The van der Waals surface area contributed by atoms with Gasteiger partial charge in [0, 0.05) is 16.6 Å². The summed E-state index contributed by atoms with van der Waals surface area (Å²) in [5.41, 5.74) is 2.25. The number of aliphatic hydroxyl groups is 1. The number of hydrogen-bond donors (Lipinski definition) is 2. The monoisotopic (exact) mass is 323 g/mol. The molecule has 3 nitrogen and oxygen atoms in total. The van der Waals surface area contributed by atoms with E-state index in [9.17, 15) is 5.11 Å². The Morgan fingerprint density at radius 3 is 2.79 bits per heavy atom. The molecule has 0 amide bonds. The van der Waals surface area contributed by atoms with Gasteiger partial charge in [-0.25, -0.2) is 0 Å². The Labute approximate surface area is 121 Å². The van der Waals surface area contributed by atoms with Crippen LogP contribution >= 0.6 is 15.9 Å². The fourth-order valence-corrected chi connectivity index (χ4v) is 2.08. The van der Waals surface area contributed by atoms with Gasteiger partial charge in [-0.3, -0.25) is 0 Å². The molecule has 0 bridgehead atoms. The summed E-state index contributed by atoms with van der Waals surface area (Å²) in [4.78, 5) is 0. The van der Waals surface area contributed by atoms with Crippen molar-refractivity contribution in [1.82, 2.24) is 5.32 Å². The first-order chi connectivity index (χ1) is 9.06. The third kappa shape index (κ3) is 3.93. The molecule has 1 aromatic heterocycles. The summed E-state index contributed by atoms with van der Waals surface area (Å²) in [6.45, 7) is 5.00. The number of hydrogen-bond acceptors (Lipinski definition) is 3. The number of halogens is 1. The highest BCUT2D eigenvalue weighted by atomic mass is 79.9. The molecular formula is C15H18BrNO2. The average Bonchev–Trinajstić information content (AvgIpc) is 2.81. The molecule has 0 aliphatic heterocycles. The van der Waals surface area contributed by atoms with E-state index in [4.69, 9.17) is 4.42 Å². The summed E-state index contributed by atoms with van der Waals surface area (Å²) in [5.74, 6) is 1.74. The summed E-state index contributed by atoms with van der Waals surface area (Å²) in [6.07, 6.45) is -0.344. The van der Waals surface area contributed by atoms with Crippen LogP contribution in [-0.4, -0.2) is 17.8 Å². The molecular weight excluding hydrogens is 306 g/mol. The van der Waals surface area contributed by atoms with Crippen molar-refractivity contribution < 1.29 is 9.52 Å². The quantitative estimate of drug-likeness (QED) is 0.885. The smallest absolute Gasteiger partial charge is 0.134 e. The van der Waals surface area contributed by atoms with E-state index >= 15 is 0 Å². The van der Waals surface area contributed by atoms with Crippen LogP contribution in [0.2, 0.25) is 0 Å². The molecule has 0 aliphatic rings. The highest BCUT2D eigenvalue weighted by Crippen LogP contribution is 2.26. The van der Waals surface area contributed by atoms with Crippen molar-refractivity contribution in [2.24, 2.45) is 0 Å². The minimum Gasteiger partial charge on any atom is -0.460 e. The van der Waals surface area contributed by atoms with Crippen LogP contribution in [0.4, 0.5) is 0 Å². The van der Waals surface area contributed by atoms with Crippen LogP contribution in [0.1, 0.15) is 18.2 Å².